The van der Waals surface area contributed by atoms with Gasteiger partial charge in [0.1, 0.15) is 12.4 Å². The Bertz CT molecular complexity index is 565. The first-order valence-corrected chi connectivity index (χ1v) is 6.79. The standard InChI is InChI=1S/C13H17F3N4O/c1-8-2-9(20-10(3-21)19-8)18-6-11-4-12(11,7-17-5-11)13(14,15)16/h2,17,21H,3-7H2,1H3,(H,18,19,20)/t11-,12-/m1/s1. The number of aliphatic hydroxyl groups is 1. The van der Waals surface area contributed by atoms with Crippen LogP contribution in [0.3, 0.4) is 0 Å². The molecule has 1 aromatic heterocycles. The van der Waals surface area contributed by atoms with Crippen molar-refractivity contribution >= 4 is 5.82 Å². The smallest absolute Gasteiger partial charge is 0.388 e. The average Bonchev–Trinajstić information content (AvgIpc) is 2.93. The predicted octanol–water partition coefficient (Wildman–Crippen LogP) is 1.23. The summed E-state index contributed by atoms with van der Waals surface area (Å²) in [6, 6.07) is 1.66. The van der Waals surface area contributed by atoms with E-state index in [9.17, 15) is 13.2 Å². The lowest BCUT2D eigenvalue weighted by Gasteiger charge is -2.21. The van der Waals surface area contributed by atoms with Gasteiger partial charge in [0.15, 0.2) is 5.82 Å². The van der Waals surface area contributed by atoms with Crippen LogP contribution in [-0.2, 0) is 6.61 Å². The zero-order valence-electron chi connectivity index (χ0n) is 11.6. The molecule has 1 aromatic rings. The van der Waals surface area contributed by atoms with Gasteiger partial charge in [-0.3, -0.25) is 0 Å². The number of halogens is 3. The molecule has 21 heavy (non-hydrogen) atoms. The van der Waals surface area contributed by atoms with E-state index in [2.05, 4.69) is 20.6 Å². The molecular weight excluding hydrogens is 285 g/mol. The molecule has 2 heterocycles. The van der Waals surface area contributed by atoms with E-state index in [0.29, 0.717) is 18.1 Å². The molecule has 2 fully saturated rings. The van der Waals surface area contributed by atoms with Crippen molar-refractivity contribution in [3.05, 3.63) is 17.6 Å². The third-order valence-electron chi connectivity index (χ3n) is 4.61. The number of aliphatic hydroxyl groups excluding tert-OH is 1. The van der Waals surface area contributed by atoms with Crippen molar-refractivity contribution in [2.45, 2.75) is 26.1 Å². The van der Waals surface area contributed by atoms with Gasteiger partial charge in [-0.15, -0.1) is 0 Å². The van der Waals surface area contributed by atoms with Crippen molar-refractivity contribution in [2.75, 3.05) is 25.0 Å². The summed E-state index contributed by atoms with van der Waals surface area (Å²) in [6.07, 6.45) is -4.03. The Kier molecular flexibility index (Phi) is 3.14. The van der Waals surface area contributed by atoms with Gasteiger partial charge in [-0.05, 0) is 13.3 Å². The largest absolute Gasteiger partial charge is 0.396 e. The van der Waals surface area contributed by atoms with Gasteiger partial charge in [-0.2, -0.15) is 13.2 Å². The summed E-state index contributed by atoms with van der Waals surface area (Å²) in [5.74, 6) is 0.716. The minimum absolute atomic E-state index is 0.0110. The van der Waals surface area contributed by atoms with Gasteiger partial charge in [0.05, 0.1) is 5.41 Å². The van der Waals surface area contributed by atoms with E-state index in [1.165, 1.54) is 0 Å². The molecule has 2 atom stereocenters. The number of hydrogen-bond acceptors (Lipinski definition) is 5. The third-order valence-corrected chi connectivity index (χ3v) is 4.61. The van der Waals surface area contributed by atoms with Crippen molar-refractivity contribution in [3.63, 3.8) is 0 Å². The van der Waals surface area contributed by atoms with Crippen molar-refractivity contribution in [3.8, 4) is 0 Å². The highest BCUT2D eigenvalue weighted by Gasteiger charge is 2.81. The number of hydrogen-bond donors (Lipinski definition) is 3. The Morgan fingerprint density at radius 1 is 1.38 bits per heavy atom. The Hall–Kier alpha value is -1.41. The van der Waals surface area contributed by atoms with Crippen LogP contribution in [0.1, 0.15) is 17.9 Å². The second-order valence-electron chi connectivity index (χ2n) is 5.96. The lowest BCUT2D eigenvalue weighted by Crippen LogP contribution is -2.33. The quantitative estimate of drug-likeness (QED) is 0.780. The molecule has 116 valence electrons. The zero-order chi connectivity index (χ0) is 15.3. The van der Waals surface area contributed by atoms with Crippen molar-refractivity contribution in [1.29, 1.82) is 0 Å². The van der Waals surface area contributed by atoms with Crippen LogP contribution in [0.25, 0.3) is 0 Å². The maximum atomic E-state index is 13.2. The lowest BCUT2D eigenvalue weighted by atomic mass is 9.95. The maximum Gasteiger partial charge on any atom is 0.396 e. The van der Waals surface area contributed by atoms with E-state index in [0.717, 1.165) is 0 Å². The topological polar surface area (TPSA) is 70.1 Å². The number of nitrogens with one attached hydrogen (secondary N) is 2. The van der Waals surface area contributed by atoms with Gasteiger partial charge < -0.3 is 15.7 Å². The number of alkyl halides is 3. The highest BCUT2D eigenvalue weighted by Crippen LogP contribution is 2.72. The molecule has 0 bridgehead atoms. The Balaban J connectivity index is 1.73. The van der Waals surface area contributed by atoms with Crippen molar-refractivity contribution in [1.82, 2.24) is 15.3 Å². The number of anilines is 1. The van der Waals surface area contributed by atoms with Crippen LogP contribution < -0.4 is 10.6 Å². The van der Waals surface area contributed by atoms with Crippen LogP contribution in [0.5, 0.6) is 0 Å². The fraction of sp³-hybridized carbons (Fsp3) is 0.692. The number of aromatic nitrogens is 2. The minimum Gasteiger partial charge on any atom is -0.388 e. The summed E-state index contributed by atoms with van der Waals surface area (Å²) in [5, 5.41) is 14.9. The van der Waals surface area contributed by atoms with E-state index < -0.39 is 17.0 Å². The van der Waals surface area contributed by atoms with E-state index >= 15 is 0 Å². The number of nitrogens with zero attached hydrogens (tertiary/aromatic N) is 2. The van der Waals surface area contributed by atoms with Crippen LogP contribution in [0.2, 0.25) is 0 Å². The highest BCUT2D eigenvalue weighted by atomic mass is 19.4. The average molecular weight is 302 g/mol. The summed E-state index contributed by atoms with van der Waals surface area (Å²) < 4.78 is 39.6. The van der Waals surface area contributed by atoms with Gasteiger partial charge in [0.2, 0.25) is 0 Å². The molecule has 1 aliphatic heterocycles. The Morgan fingerprint density at radius 2 is 2.14 bits per heavy atom. The number of piperidine rings is 1. The van der Waals surface area contributed by atoms with Gasteiger partial charge >= 0.3 is 6.18 Å². The van der Waals surface area contributed by atoms with Crippen molar-refractivity contribution < 1.29 is 18.3 Å². The summed E-state index contributed by atoms with van der Waals surface area (Å²) >= 11 is 0. The molecule has 0 radical (unpaired) electrons. The summed E-state index contributed by atoms with van der Waals surface area (Å²) in [6.45, 7) is 2.01. The van der Waals surface area contributed by atoms with Crippen LogP contribution in [0.15, 0.2) is 6.07 Å². The molecule has 3 rings (SSSR count). The van der Waals surface area contributed by atoms with Crippen LogP contribution in [0.4, 0.5) is 19.0 Å². The fourth-order valence-electron chi connectivity index (χ4n) is 3.38. The minimum atomic E-state index is -4.18. The van der Waals surface area contributed by atoms with Gasteiger partial charge in [0, 0.05) is 36.8 Å². The molecule has 0 spiro atoms. The van der Waals surface area contributed by atoms with E-state index in [1.54, 1.807) is 13.0 Å². The van der Waals surface area contributed by atoms with Gasteiger partial charge in [-0.25, -0.2) is 9.97 Å². The maximum absolute atomic E-state index is 13.2. The van der Waals surface area contributed by atoms with Crippen LogP contribution >= 0.6 is 0 Å². The molecule has 1 aliphatic carbocycles. The first kappa shape index (κ1) is 14.5. The number of rotatable bonds is 4. The third kappa shape index (κ3) is 2.17. The highest BCUT2D eigenvalue weighted by molar-refractivity contribution is 5.38. The molecule has 1 saturated carbocycles. The number of fused-ring (bicyclic) bond motifs is 1. The van der Waals surface area contributed by atoms with Crippen molar-refractivity contribution in [2.24, 2.45) is 10.8 Å². The predicted molar refractivity (Wildman–Crippen MR) is 69.6 cm³/mol. The molecule has 5 nitrogen and oxygen atoms in total. The fourth-order valence-corrected chi connectivity index (χ4v) is 3.38. The van der Waals surface area contributed by atoms with E-state index in [-0.39, 0.29) is 31.9 Å². The second kappa shape index (κ2) is 4.54. The molecular formula is C13H17F3N4O. The monoisotopic (exact) mass is 302 g/mol. The lowest BCUT2D eigenvalue weighted by molar-refractivity contribution is -0.190. The SMILES string of the molecule is Cc1cc(NC[C@@]23CNC[C@]2(C(F)(F)F)C3)nc(CO)n1. The second-order valence-corrected chi connectivity index (χ2v) is 5.96. The number of aryl methyl sites for hydroxylation is 1. The normalized spacial score (nSPS) is 31.1. The summed E-state index contributed by atoms with van der Waals surface area (Å²) in [4.78, 5) is 8.09. The van der Waals surface area contributed by atoms with Gasteiger partial charge in [-0.1, -0.05) is 0 Å². The van der Waals surface area contributed by atoms with Crippen LogP contribution in [-0.4, -0.2) is 40.9 Å². The molecule has 1 saturated heterocycles. The molecule has 8 heteroatoms. The Morgan fingerprint density at radius 3 is 2.76 bits per heavy atom. The molecule has 3 N–H and O–H groups in total. The van der Waals surface area contributed by atoms with Gasteiger partial charge in [0.25, 0.3) is 0 Å². The molecule has 2 aliphatic rings. The molecule has 0 amide bonds. The summed E-state index contributed by atoms with van der Waals surface area (Å²) in [7, 11) is 0. The molecule has 0 unspecified atom stereocenters. The van der Waals surface area contributed by atoms with E-state index in [4.69, 9.17) is 5.11 Å². The zero-order valence-corrected chi connectivity index (χ0v) is 11.6. The Labute approximate surface area is 120 Å². The van der Waals surface area contributed by atoms with E-state index in [1.807, 2.05) is 0 Å². The first-order chi connectivity index (χ1) is 9.82. The first-order valence-electron chi connectivity index (χ1n) is 6.79. The molecule has 0 aromatic carbocycles. The van der Waals surface area contributed by atoms with Crippen LogP contribution in [0, 0.1) is 17.8 Å². The summed E-state index contributed by atoms with van der Waals surface area (Å²) in [5.41, 5.74) is -1.73.